The molecule has 7 nitrogen and oxygen atoms in total. The number of carbonyl (C=O) groups is 3. The number of hydrogen-bond donors (Lipinski definition) is 3. The molecule has 1 saturated heterocycles. The van der Waals surface area contributed by atoms with Gasteiger partial charge >= 0.3 is 5.97 Å². The third-order valence-corrected chi connectivity index (χ3v) is 5.56. The molecule has 0 radical (unpaired) electrons. The van der Waals surface area contributed by atoms with E-state index in [1.165, 1.54) is 37.3 Å². The molecular formula is C20H15FN2O5S2. The highest BCUT2D eigenvalue weighted by molar-refractivity contribution is 8.26. The molecule has 30 heavy (non-hydrogen) atoms. The number of amides is 2. The van der Waals surface area contributed by atoms with Gasteiger partial charge in [-0.3, -0.25) is 14.5 Å². The highest BCUT2D eigenvalue weighted by Gasteiger charge is 2.38. The number of halogens is 1. The number of nitrogens with zero attached hydrogens (tertiary/aromatic N) is 1. The van der Waals surface area contributed by atoms with Crippen LogP contribution in [0.2, 0.25) is 0 Å². The fourth-order valence-electron chi connectivity index (χ4n) is 2.71. The molecule has 154 valence electrons. The first-order valence-corrected chi connectivity index (χ1v) is 9.79. The van der Waals surface area contributed by atoms with E-state index in [0.29, 0.717) is 5.56 Å². The molecule has 1 aliphatic rings. The quantitative estimate of drug-likeness (QED) is 0.367. The lowest BCUT2D eigenvalue weighted by Gasteiger charge is -2.22. The third-order valence-electron chi connectivity index (χ3n) is 4.23. The summed E-state index contributed by atoms with van der Waals surface area (Å²) in [5, 5.41) is 21.1. The summed E-state index contributed by atoms with van der Waals surface area (Å²) in [5.74, 6) is -3.32. The molecule has 0 unspecified atom stereocenters. The summed E-state index contributed by atoms with van der Waals surface area (Å²) in [4.78, 5) is 37.9. The highest BCUT2D eigenvalue weighted by atomic mass is 32.2. The number of aromatic hydroxyl groups is 1. The summed E-state index contributed by atoms with van der Waals surface area (Å²) < 4.78 is 13.5. The van der Waals surface area contributed by atoms with Gasteiger partial charge < -0.3 is 15.5 Å². The van der Waals surface area contributed by atoms with E-state index in [1.54, 1.807) is 6.07 Å². The molecule has 0 saturated carbocycles. The molecule has 3 N–H and O–H groups in total. The van der Waals surface area contributed by atoms with E-state index in [4.69, 9.17) is 17.3 Å². The first kappa shape index (κ1) is 21.5. The lowest BCUT2D eigenvalue weighted by Crippen LogP contribution is -2.44. The Bertz CT molecular complexity index is 1100. The molecule has 2 aromatic rings. The Kier molecular flexibility index (Phi) is 6.18. The Balaban J connectivity index is 1.77. The predicted molar refractivity (Wildman–Crippen MR) is 115 cm³/mol. The number of aromatic carboxylic acids is 1. The van der Waals surface area contributed by atoms with Gasteiger partial charge in [0.1, 0.15) is 27.5 Å². The number of benzene rings is 2. The number of thioether (sulfide) groups is 1. The Morgan fingerprint density at radius 2 is 2.00 bits per heavy atom. The number of hydrogen-bond acceptors (Lipinski definition) is 6. The van der Waals surface area contributed by atoms with Gasteiger partial charge in [0.05, 0.1) is 4.91 Å². The van der Waals surface area contributed by atoms with Crippen molar-refractivity contribution in [2.45, 2.75) is 13.0 Å². The zero-order valence-corrected chi connectivity index (χ0v) is 17.1. The Labute approximate surface area is 180 Å². The molecule has 1 heterocycles. The molecule has 0 spiro atoms. The van der Waals surface area contributed by atoms with E-state index < -0.39 is 35.4 Å². The highest BCUT2D eigenvalue weighted by Crippen LogP contribution is 2.34. The fraction of sp³-hybridized carbons (Fsp3) is 0.100. The summed E-state index contributed by atoms with van der Waals surface area (Å²) in [6.45, 7) is 1.48. The normalized spacial score (nSPS) is 16.1. The number of carbonyl (C=O) groups excluding carboxylic acids is 2. The summed E-state index contributed by atoms with van der Waals surface area (Å²) in [5.41, 5.74) is 0.254. The Morgan fingerprint density at radius 3 is 2.67 bits per heavy atom. The lowest BCUT2D eigenvalue weighted by molar-refractivity contribution is -0.129. The minimum absolute atomic E-state index is 0.141. The van der Waals surface area contributed by atoms with Crippen LogP contribution >= 0.6 is 24.0 Å². The van der Waals surface area contributed by atoms with Crippen LogP contribution in [0.25, 0.3) is 6.08 Å². The number of rotatable bonds is 5. The van der Waals surface area contributed by atoms with Gasteiger partial charge in [-0.05, 0) is 48.9 Å². The van der Waals surface area contributed by atoms with Gasteiger partial charge in [0.15, 0.2) is 0 Å². The van der Waals surface area contributed by atoms with Crippen molar-refractivity contribution in [1.29, 1.82) is 0 Å². The van der Waals surface area contributed by atoms with Crippen LogP contribution in [0.5, 0.6) is 5.75 Å². The summed E-state index contributed by atoms with van der Waals surface area (Å²) in [6, 6.07) is 8.30. The molecule has 1 aliphatic heterocycles. The lowest BCUT2D eigenvalue weighted by atomic mass is 10.1. The van der Waals surface area contributed by atoms with E-state index in [0.717, 1.165) is 28.8 Å². The number of carboxylic acid groups (broad SMARTS) is 1. The Hall–Kier alpha value is -3.24. The molecule has 1 atom stereocenters. The SMILES string of the molecule is C[C@H](C(=O)Nc1ccc(O)c(C(=O)O)c1)N1C(=O)/C(=C/c2cccc(F)c2)SC1=S. The molecule has 1 fully saturated rings. The molecule has 3 rings (SSSR count). The van der Waals surface area contributed by atoms with Crippen molar-refractivity contribution in [1.82, 2.24) is 4.90 Å². The molecular weight excluding hydrogens is 431 g/mol. The van der Waals surface area contributed by atoms with Crippen LogP contribution in [0.3, 0.4) is 0 Å². The molecule has 10 heteroatoms. The van der Waals surface area contributed by atoms with Crippen molar-refractivity contribution >= 4 is 57.8 Å². The maximum Gasteiger partial charge on any atom is 0.339 e. The van der Waals surface area contributed by atoms with Gasteiger partial charge in [-0.1, -0.05) is 36.1 Å². The van der Waals surface area contributed by atoms with E-state index in [9.17, 15) is 23.9 Å². The zero-order chi connectivity index (χ0) is 22.0. The van der Waals surface area contributed by atoms with Crippen molar-refractivity contribution in [3.8, 4) is 5.75 Å². The average molecular weight is 446 g/mol. The van der Waals surface area contributed by atoms with Crippen molar-refractivity contribution in [3.05, 3.63) is 64.3 Å². The minimum atomic E-state index is -1.35. The summed E-state index contributed by atoms with van der Waals surface area (Å²) >= 11 is 6.23. The van der Waals surface area contributed by atoms with Crippen LogP contribution in [-0.2, 0) is 9.59 Å². The number of nitrogens with one attached hydrogen (secondary N) is 1. The minimum Gasteiger partial charge on any atom is -0.507 e. The average Bonchev–Trinajstić information content (AvgIpc) is 2.95. The van der Waals surface area contributed by atoms with Gasteiger partial charge in [-0.2, -0.15) is 0 Å². The third kappa shape index (κ3) is 4.50. The predicted octanol–water partition coefficient (Wildman–Crippen LogP) is 3.46. The number of phenols is 1. The van der Waals surface area contributed by atoms with Gasteiger partial charge in [-0.15, -0.1) is 0 Å². The molecule has 0 bridgehead atoms. The number of thiocarbonyl (C=S) groups is 1. The van der Waals surface area contributed by atoms with Gasteiger partial charge in [0.25, 0.3) is 5.91 Å². The maximum absolute atomic E-state index is 13.4. The summed E-state index contributed by atoms with van der Waals surface area (Å²) in [7, 11) is 0. The first-order valence-electron chi connectivity index (χ1n) is 8.57. The second kappa shape index (κ2) is 8.64. The monoisotopic (exact) mass is 446 g/mol. The van der Waals surface area contributed by atoms with E-state index in [1.807, 2.05) is 0 Å². The van der Waals surface area contributed by atoms with Crippen LogP contribution in [0.1, 0.15) is 22.8 Å². The number of anilines is 1. The summed E-state index contributed by atoms with van der Waals surface area (Å²) in [6.07, 6.45) is 1.49. The second-order valence-corrected chi connectivity index (χ2v) is 7.98. The van der Waals surface area contributed by atoms with Crippen LogP contribution in [0.15, 0.2) is 47.4 Å². The van der Waals surface area contributed by atoms with Crippen LogP contribution < -0.4 is 5.32 Å². The van der Waals surface area contributed by atoms with Crippen LogP contribution in [-0.4, -0.2) is 43.3 Å². The van der Waals surface area contributed by atoms with Gasteiger partial charge in [0, 0.05) is 5.69 Å². The standard InChI is InChI=1S/C20H15FN2O5S2/c1-10(17(25)22-13-5-6-15(24)14(9-13)19(27)28)23-18(26)16(30-20(23)29)8-11-3-2-4-12(21)7-11/h2-10,24H,1H3,(H,22,25)(H,27,28)/b16-8-/t10-/m1/s1. The molecule has 0 aromatic heterocycles. The smallest absolute Gasteiger partial charge is 0.339 e. The fourth-order valence-corrected chi connectivity index (χ4v) is 4.13. The van der Waals surface area contributed by atoms with Crippen LogP contribution in [0, 0.1) is 5.82 Å². The van der Waals surface area contributed by atoms with Crippen molar-refractivity contribution in [3.63, 3.8) is 0 Å². The van der Waals surface area contributed by atoms with Crippen molar-refractivity contribution < 1.29 is 29.0 Å². The molecule has 2 aromatic carbocycles. The zero-order valence-electron chi connectivity index (χ0n) is 15.5. The first-order chi connectivity index (χ1) is 14.2. The van der Waals surface area contributed by atoms with Crippen LogP contribution in [0.4, 0.5) is 10.1 Å². The largest absolute Gasteiger partial charge is 0.507 e. The Morgan fingerprint density at radius 1 is 1.27 bits per heavy atom. The molecule has 0 aliphatic carbocycles. The topological polar surface area (TPSA) is 107 Å². The second-order valence-electron chi connectivity index (χ2n) is 6.31. The van der Waals surface area contributed by atoms with E-state index >= 15 is 0 Å². The number of carboxylic acids is 1. The van der Waals surface area contributed by atoms with Gasteiger partial charge in [-0.25, -0.2) is 9.18 Å². The maximum atomic E-state index is 13.4. The van der Waals surface area contributed by atoms with Gasteiger partial charge in [0.2, 0.25) is 5.91 Å². The molecule has 2 amide bonds. The van der Waals surface area contributed by atoms with E-state index in [-0.39, 0.29) is 20.5 Å². The van der Waals surface area contributed by atoms with Crippen molar-refractivity contribution in [2.24, 2.45) is 0 Å². The van der Waals surface area contributed by atoms with Crippen molar-refractivity contribution in [2.75, 3.05) is 5.32 Å². The van der Waals surface area contributed by atoms with E-state index in [2.05, 4.69) is 5.32 Å².